The molecule has 0 aliphatic carbocycles. The largest absolute Gasteiger partial charge is 0.497 e. The number of aromatic nitrogens is 3. The number of hydrogen-bond donors (Lipinski definition) is 0. The van der Waals surface area contributed by atoms with Crippen molar-refractivity contribution in [3.05, 3.63) is 39.4 Å². The van der Waals surface area contributed by atoms with Crippen LogP contribution in [0.15, 0.2) is 18.2 Å². The van der Waals surface area contributed by atoms with Crippen molar-refractivity contribution >= 4 is 45.8 Å². The number of ether oxygens (including phenoxy) is 2. The summed E-state index contributed by atoms with van der Waals surface area (Å²) in [5.74, 6) is 1.05. The van der Waals surface area contributed by atoms with Crippen molar-refractivity contribution in [2.24, 2.45) is 0 Å². The lowest BCUT2D eigenvalue weighted by Gasteiger charge is -2.15. The molecular formula is C16H9Cl3N4O2. The number of halogens is 3. The Hall–Kier alpha value is -2.33. The van der Waals surface area contributed by atoms with Gasteiger partial charge in [0.05, 0.1) is 25.2 Å². The monoisotopic (exact) mass is 394 g/mol. The maximum atomic E-state index is 9.58. The first-order valence-electron chi connectivity index (χ1n) is 6.84. The number of nitriles is 1. The molecule has 0 bridgehead atoms. The lowest BCUT2D eigenvalue weighted by molar-refractivity contribution is 0.395. The van der Waals surface area contributed by atoms with E-state index in [-0.39, 0.29) is 26.8 Å². The average Bonchev–Trinajstić information content (AvgIpc) is 2.59. The quantitative estimate of drug-likeness (QED) is 0.368. The summed E-state index contributed by atoms with van der Waals surface area (Å²) in [6.45, 7) is 0. The fourth-order valence-electron chi connectivity index (χ4n) is 2.45. The normalized spacial score (nSPS) is 10.6. The number of pyridine rings is 1. The van der Waals surface area contributed by atoms with Gasteiger partial charge in [0, 0.05) is 17.2 Å². The van der Waals surface area contributed by atoms with Crippen LogP contribution < -0.4 is 9.47 Å². The van der Waals surface area contributed by atoms with Crippen LogP contribution in [0.5, 0.6) is 11.5 Å². The Labute approximate surface area is 157 Å². The number of hydrogen-bond acceptors (Lipinski definition) is 6. The zero-order valence-electron chi connectivity index (χ0n) is 13.0. The highest BCUT2D eigenvalue weighted by Crippen LogP contribution is 2.42. The van der Waals surface area contributed by atoms with Crippen LogP contribution in [0.2, 0.25) is 15.6 Å². The topological polar surface area (TPSA) is 80.9 Å². The molecule has 3 rings (SSSR count). The summed E-state index contributed by atoms with van der Waals surface area (Å²) < 4.78 is 10.6. The average molecular weight is 396 g/mol. The first-order chi connectivity index (χ1) is 12.0. The lowest BCUT2D eigenvalue weighted by atomic mass is 9.97. The third-order valence-electron chi connectivity index (χ3n) is 3.52. The van der Waals surface area contributed by atoms with Gasteiger partial charge < -0.3 is 9.47 Å². The Bertz CT molecular complexity index is 1030. The van der Waals surface area contributed by atoms with Gasteiger partial charge in [-0.1, -0.05) is 23.2 Å². The van der Waals surface area contributed by atoms with E-state index in [1.54, 1.807) is 25.3 Å². The van der Waals surface area contributed by atoms with Crippen molar-refractivity contribution in [3.63, 3.8) is 0 Å². The van der Waals surface area contributed by atoms with Crippen LogP contribution in [0.3, 0.4) is 0 Å². The van der Waals surface area contributed by atoms with Crippen LogP contribution in [-0.2, 0) is 0 Å². The van der Waals surface area contributed by atoms with Crippen molar-refractivity contribution in [2.45, 2.75) is 0 Å². The molecule has 0 amide bonds. The molecule has 0 saturated heterocycles. The van der Waals surface area contributed by atoms with Gasteiger partial charge in [-0.2, -0.15) is 10.2 Å². The summed E-state index contributed by atoms with van der Waals surface area (Å²) in [7, 11) is 3.05. The molecule has 0 fully saturated rings. The molecule has 25 heavy (non-hydrogen) atoms. The van der Waals surface area contributed by atoms with Gasteiger partial charge in [-0.15, -0.1) is 0 Å². The number of methoxy groups -OCH3 is 2. The van der Waals surface area contributed by atoms with E-state index in [1.807, 2.05) is 6.07 Å². The van der Waals surface area contributed by atoms with Crippen molar-refractivity contribution in [1.82, 2.24) is 15.0 Å². The van der Waals surface area contributed by atoms with Crippen molar-refractivity contribution in [1.29, 1.82) is 5.26 Å². The highest BCUT2D eigenvalue weighted by molar-refractivity contribution is 6.37. The summed E-state index contributed by atoms with van der Waals surface area (Å²) in [5, 5.41) is 9.91. The molecule has 0 unspecified atom stereocenters. The Morgan fingerprint density at radius 1 is 1.00 bits per heavy atom. The van der Waals surface area contributed by atoms with Crippen molar-refractivity contribution < 1.29 is 9.47 Å². The minimum atomic E-state index is -0.0709. The third-order valence-corrected chi connectivity index (χ3v) is 4.23. The smallest absolute Gasteiger partial charge is 0.225 e. The van der Waals surface area contributed by atoms with Gasteiger partial charge in [-0.3, -0.25) is 0 Å². The van der Waals surface area contributed by atoms with E-state index >= 15 is 0 Å². The van der Waals surface area contributed by atoms with Gasteiger partial charge in [-0.05, 0) is 23.7 Å². The molecule has 0 aliphatic heterocycles. The first kappa shape index (κ1) is 17.5. The summed E-state index contributed by atoms with van der Waals surface area (Å²) >= 11 is 18.3. The maximum Gasteiger partial charge on any atom is 0.225 e. The van der Waals surface area contributed by atoms with E-state index in [4.69, 9.17) is 44.3 Å². The maximum absolute atomic E-state index is 9.58. The molecular weight excluding hydrogens is 387 g/mol. The molecule has 1 aromatic carbocycles. The minimum absolute atomic E-state index is 0.0197. The second kappa shape index (κ2) is 6.89. The van der Waals surface area contributed by atoms with E-state index in [9.17, 15) is 5.26 Å². The van der Waals surface area contributed by atoms with Gasteiger partial charge in [0.25, 0.3) is 0 Å². The third kappa shape index (κ3) is 3.02. The van der Waals surface area contributed by atoms with Gasteiger partial charge in [0.1, 0.15) is 27.9 Å². The zero-order chi connectivity index (χ0) is 18.1. The molecule has 2 heterocycles. The summed E-state index contributed by atoms with van der Waals surface area (Å²) in [5.41, 5.74) is 1.30. The number of rotatable bonds is 3. The highest BCUT2D eigenvalue weighted by Gasteiger charge is 2.22. The van der Waals surface area contributed by atoms with Gasteiger partial charge in [0.2, 0.25) is 5.28 Å². The Balaban J connectivity index is 2.49. The SMILES string of the molecule is COc1ccc(-c2c(C#N)c(Cl)nc3nc(Cl)nc(Cl)c23)c(OC)c1. The Morgan fingerprint density at radius 2 is 1.76 bits per heavy atom. The van der Waals surface area contributed by atoms with E-state index in [0.29, 0.717) is 28.0 Å². The molecule has 3 aromatic rings. The van der Waals surface area contributed by atoms with Gasteiger partial charge in [-0.25, -0.2) is 9.97 Å². The van der Waals surface area contributed by atoms with Crippen LogP contribution in [0.1, 0.15) is 5.56 Å². The van der Waals surface area contributed by atoms with Crippen LogP contribution >= 0.6 is 34.8 Å². The second-order valence-corrected chi connectivity index (χ2v) is 5.87. The number of benzene rings is 1. The molecule has 126 valence electrons. The summed E-state index contributed by atoms with van der Waals surface area (Å²) in [6.07, 6.45) is 0. The van der Waals surface area contributed by atoms with Crippen molar-refractivity contribution in [3.8, 4) is 28.7 Å². The minimum Gasteiger partial charge on any atom is -0.497 e. The molecule has 0 aliphatic rings. The molecule has 9 heteroatoms. The predicted molar refractivity (Wildman–Crippen MR) is 95.6 cm³/mol. The molecule has 2 aromatic heterocycles. The van der Waals surface area contributed by atoms with Gasteiger partial charge in [0.15, 0.2) is 5.65 Å². The first-order valence-corrected chi connectivity index (χ1v) is 7.98. The zero-order valence-corrected chi connectivity index (χ0v) is 15.2. The molecule has 0 radical (unpaired) electrons. The molecule has 6 nitrogen and oxygen atoms in total. The number of fused-ring (bicyclic) bond motifs is 1. The van der Waals surface area contributed by atoms with Crippen LogP contribution in [0.25, 0.3) is 22.2 Å². The molecule has 0 atom stereocenters. The van der Waals surface area contributed by atoms with Crippen molar-refractivity contribution in [2.75, 3.05) is 14.2 Å². The Kier molecular flexibility index (Phi) is 4.82. The van der Waals surface area contributed by atoms with Crippen LogP contribution in [0.4, 0.5) is 0 Å². The molecule has 0 spiro atoms. The van der Waals surface area contributed by atoms with Gasteiger partial charge >= 0.3 is 0 Å². The lowest BCUT2D eigenvalue weighted by Crippen LogP contribution is -1.99. The fourth-order valence-corrected chi connectivity index (χ4v) is 3.13. The van der Waals surface area contributed by atoms with E-state index < -0.39 is 0 Å². The Morgan fingerprint density at radius 3 is 2.40 bits per heavy atom. The van der Waals surface area contributed by atoms with E-state index in [0.717, 1.165) is 0 Å². The summed E-state index contributed by atoms with van der Waals surface area (Å²) in [4.78, 5) is 12.1. The second-order valence-electron chi connectivity index (χ2n) is 4.81. The van der Waals surface area contributed by atoms with Crippen LogP contribution in [0, 0.1) is 11.3 Å². The standard InChI is InChI=1S/C16H9Cl3N4O2/c1-24-7-3-4-8(10(5-7)25-2)11-9(6-20)13(17)21-15-12(11)14(18)22-16(19)23-15/h3-5H,1-2H3. The molecule has 0 N–H and O–H groups in total. The van der Waals surface area contributed by atoms with Crippen LogP contribution in [-0.4, -0.2) is 29.2 Å². The number of nitrogens with zero attached hydrogens (tertiary/aromatic N) is 4. The van der Waals surface area contributed by atoms with E-state index in [2.05, 4.69) is 15.0 Å². The summed E-state index contributed by atoms with van der Waals surface area (Å²) in [6, 6.07) is 7.19. The fraction of sp³-hybridized carbons (Fsp3) is 0.125. The van der Waals surface area contributed by atoms with E-state index in [1.165, 1.54) is 7.11 Å². The molecule has 0 saturated carbocycles. The predicted octanol–water partition coefficient (Wildman–Crippen LogP) is 4.54. The highest BCUT2D eigenvalue weighted by atomic mass is 35.5.